The summed E-state index contributed by atoms with van der Waals surface area (Å²) in [6.45, 7) is 13.8. The third kappa shape index (κ3) is 4.20. The quantitative estimate of drug-likeness (QED) is 0.610. The molecule has 0 aromatic carbocycles. The molecular weight excluding hydrogens is 268 g/mol. The van der Waals surface area contributed by atoms with Gasteiger partial charge in [0.25, 0.3) is 0 Å². The molecule has 0 aromatic rings. The van der Waals surface area contributed by atoms with Crippen molar-refractivity contribution in [3.63, 3.8) is 0 Å². The molecule has 2 rings (SSSR count). The minimum Gasteiger partial charge on any atom is -0.284 e. The van der Waals surface area contributed by atoms with Crippen LogP contribution in [0.15, 0.2) is 9.98 Å². The van der Waals surface area contributed by atoms with Gasteiger partial charge < -0.3 is 0 Å². The minimum absolute atomic E-state index is 0.500. The van der Waals surface area contributed by atoms with Gasteiger partial charge in [0, 0.05) is 0 Å². The molecule has 0 bridgehead atoms. The summed E-state index contributed by atoms with van der Waals surface area (Å²) in [5.41, 5.74) is 2.35. The van der Waals surface area contributed by atoms with Crippen molar-refractivity contribution < 1.29 is 0 Å². The minimum atomic E-state index is 0.500. The van der Waals surface area contributed by atoms with Crippen LogP contribution in [0.2, 0.25) is 0 Å². The van der Waals surface area contributed by atoms with Crippen LogP contribution in [0.3, 0.4) is 0 Å². The van der Waals surface area contributed by atoms with Crippen LogP contribution < -0.4 is 0 Å². The molecule has 0 aromatic heterocycles. The molecule has 2 fully saturated rings. The molecule has 0 N–H and O–H groups in total. The first-order valence-electron chi connectivity index (χ1n) is 9.49. The number of hydrogen-bond donors (Lipinski definition) is 0. The molecule has 0 saturated heterocycles. The van der Waals surface area contributed by atoms with Crippen LogP contribution in [0.1, 0.15) is 80.1 Å². The maximum atomic E-state index is 5.10. The van der Waals surface area contributed by atoms with E-state index in [0.717, 1.165) is 23.7 Å². The van der Waals surface area contributed by atoms with E-state index in [1.165, 1.54) is 49.9 Å². The van der Waals surface area contributed by atoms with E-state index >= 15 is 0 Å². The molecule has 0 amide bonds. The van der Waals surface area contributed by atoms with Crippen molar-refractivity contribution in [3.05, 3.63) is 0 Å². The van der Waals surface area contributed by atoms with Crippen molar-refractivity contribution in [2.75, 3.05) is 0 Å². The van der Waals surface area contributed by atoms with Gasteiger partial charge in [0.2, 0.25) is 0 Å². The zero-order valence-electron chi connectivity index (χ0n) is 15.6. The van der Waals surface area contributed by atoms with Crippen molar-refractivity contribution >= 4 is 11.4 Å². The van der Waals surface area contributed by atoms with Gasteiger partial charge in [-0.25, -0.2) is 0 Å². The molecule has 4 atom stereocenters. The zero-order chi connectivity index (χ0) is 16.3. The van der Waals surface area contributed by atoms with Crippen molar-refractivity contribution in [1.29, 1.82) is 0 Å². The van der Waals surface area contributed by atoms with Gasteiger partial charge in [-0.05, 0) is 63.2 Å². The maximum absolute atomic E-state index is 5.10. The van der Waals surface area contributed by atoms with Crippen LogP contribution in [-0.4, -0.2) is 23.5 Å². The lowest BCUT2D eigenvalue weighted by atomic mass is 9.78. The lowest BCUT2D eigenvalue weighted by Crippen LogP contribution is -2.32. The van der Waals surface area contributed by atoms with Crippen molar-refractivity contribution in [1.82, 2.24) is 0 Å². The molecule has 0 radical (unpaired) electrons. The first-order valence-corrected chi connectivity index (χ1v) is 9.49. The van der Waals surface area contributed by atoms with Gasteiger partial charge in [-0.15, -0.1) is 0 Å². The summed E-state index contributed by atoms with van der Waals surface area (Å²) < 4.78 is 0. The summed E-state index contributed by atoms with van der Waals surface area (Å²) >= 11 is 0. The summed E-state index contributed by atoms with van der Waals surface area (Å²) in [6.07, 6.45) is 8.07. The number of hydrogen-bond acceptors (Lipinski definition) is 2. The Balaban J connectivity index is 2.11. The molecule has 2 saturated carbocycles. The molecule has 126 valence electrons. The second kappa shape index (κ2) is 7.75. The van der Waals surface area contributed by atoms with Crippen LogP contribution >= 0.6 is 0 Å². The third-order valence-corrected chi connectivity index (χ3v) is 6.18. The predicted octanol–water partition coefficient (Wildman–Crippen LogP) is 5.56. The van der Waals surface area contributed by atoms with Crippen LogP contribution in [0.5, 0.6) is 0 Å². The first kappa shape index (κ1) is 17.7. The maximum Gasteiger partial charge on any atom is 0.0554 e. The van der Waals surface area contributed by atoms with Crippen molar-refractivity contribution in [2.45, 2.75) is 92.2 Å². The summed E-state index contributed by atoms with van der Waals surface area (Å²) in [7, 11) is 0. The normalized spacial score (nSPS) is 41.5. The average molecular weight is 305 g/mol. The Hall–Kier alpha value is -0.660. The largest absolute Gasteiger partial charge is 0.284 e. The Morgan fingerprint density at radius 3 is 1.14 bits per heavy atom. The molecule has 2 nitrogen and oxygen atoms in total. The van der Waals surface area contributed by atoms with E-state index in [2.05, 4.69) is 41.5 Å². The SMILES string of the molecule is CC(=NC1C(C)CCCC1C)C(C)=NC1C(C)CCCC1C. The Kier molecular flexibility index (Phi) is 6.23. The van der Waals surface area contributed by atoms with Gasteiger partial charge in [0.15, 0.2) is 0 Å². The van der Waals surface area contributed by atoms with Gasteiger partial charge in [0.1, 0.15) is 0 Å². The highest BCUT2D eigenvalue weighted by molar-refractivity contribution is 6.40. The standard InChI is InChI=1S/C20H36N2/c1-13-9-7-10-14(2)19(13)21-17(5)18(6)22-20-15(3)11-8-12-16(20)4/h13-16,19-20H,7-12H2,1-6H3. The molecule has 2 aliphatic carbocycles. The molecule has 4 unspecified atom stereocenters. The predicted molar refractivity (Wildman–Crippen MR) is 98.2 cm³/mol. The highest BCUT2D eigenvalue weighted by Crippen LogP contribution is 2.33. The first-order chi connectivity index (χ1) is 10.4. The summed E-state index contributed by atoms with van der Waals surface area (Å²) in [6, 6.07) is 1.00. The number of aliphatic imine (C=N–C) groups is 2. The highest BCUT2D eigenvalue weighted by atomic mass is 14.9. The lowest BCUT2D eigenvalue weighted by molar-refractivity contribution is 0.251. The smallest absolute Gasteiger partial charge is 0.0554 e. The zero-order valence-corrected chi connectivity index (χ0v) is 15.6. The summed E-state index contributed by atoms with van der Waals surface area (Å²) in [4.78, 5) is 10.2. The molecule has 2 aliphatic rings. The Morgan fingerprint density at radius 2 is 0.864 bits per heavy atom. The van der Waals surface area contributed by atoms with E-state index in [1.807, 2.05) is 0 Å². The average Bonchev–Trinajstić information content (AvgIpc) is 2.46. The van der Waals surface area contributed by atoms with Gasteiger partial charge in [-0.2, -0.15) is 0 Å². The van der Waals surface area contributed by atoms with E-state index in [4.69, 9.17) is 9.98 Å². The Bertz CT molecular complexity index is 363. The summed E-state index contributed by atoms with van der Waals surface area (Å²) in [5.74, 6) is 2.89. The second-order valence-corrected chi connectivity index (χ2v) is 8.18. The fourth-order valence-corrected chi connectivity index (χ4v) is 4.47. The lowest BCUT2D eigenvalue weighted by Gasteiger charge is -2.33. The number of nitrogens with zero attached hydrogens (tertiary/aromatic N) is 2. The topological polar surface area (TPSA) is 24.7 Å². The fraction of sp³-hybridized carbons (Fsp3) is 0.900. The van der Waals surface area contributed by atoms with Gasteiger partial charge in [-0.1, -0.05) is 40.5 Å². The third-order valence-electron chi connectivity index (χ3n) is 6.18. The van der Waals surface area contributed by atoms with Gasteiger partial charge in [0.05, 0.1) is 23.5 Å². The molecular formula is C20H36N2. The van der Waals surface area contributed by atoms with E-state index in [0.29, 0.717) is 12.1 Å². The molecule has 0 spiro atoms. The van der Waals surface area contributed by atoms with Crippen LogP contribution in [0, 0.1) is 23.7 Å². The van der Waals surface area contributed by atoms with Gasteiger partial charge in [-0.3, -0.25) is 9.98 Å². The Morgan fingerprint density at radius 1 is 0.591 bits per heavy atom. The van der Waals surface area contributed by atoms with Crippen LogP contribution in [-0.2, 0) is 0 Å². The van der Waals surface area contributed by atoms with Crippen molar-refractivity contribution in [2.24, 2.45) is 33.7 Å². The van der Waals surface area contributed by atoms with Crippen LogP contribution in [0.4, 0.5) is 0 Å². The monoisotopic (exact) mass is 304 g/mol. The van der Waals surface area contributed by atoms with E-state index in [1.54, 1.807) is 0 Å². The molecule has 2 heteroatoms. The molecule has 0 heterocycles. The van der Waals surface area contributed by atoms with Crippen LogP contribution in [0.25, 0.3) is 0 Å². The van der Waals surface area contributed by atoms with E-state index in [9.17, 15) is 0 Å². The van der Waals surface area contributed by atoms with Gasteiger partial charge >= 0.3 is 0 Å². The Labute approximate surface area is 137 Å². The number of rotatable bonds is 3. The molecule has 22 heavy (non-hydrogen) atoms. The second-order valence-electron chi connectivity index (χ2n) is 8.18. The fourth-order valence-electron chi connectivity index (χ4n) is 4.47. The highest BCUT2D eigenvalue weighted by Gasteiger charge is 2.29. The van der Waals surface area contributed by atoms with Crippen molar-refractivity contribution in [3.8, 4) is 0 Å². The van der Waals surface area contributed by atoms with E-state index < -0.39 is 0 Å². The van der Waals surface area contributed by atoms with E-state index in [-0.39, 0.29) is 0 Å². The summed E-state index contributed by atoms with van der Waals surface area (Å²) in [5, 5.41) is 0. The molecule has 0 aliphatic heterocycles.